The highest BCUT2D eigenvalue weighted by Gasteiger charge is 2.45. The number of aliphatic hydroxyl groups is 3. The zero-order valence-electron chi connectivity index (χ0n) is 15.2. The van der Waals surface area contributed by atoms with Gasteiger partial charge in [-0.2, -0.15) is 0 Å². The van der Waals surface area contributed by atoms with Gasteiger partial charge in [0.2, 0.25) is 6.29 Å². The SMILES string of the molecule is O=C([O-])CC(=O)OC[C@H]1O[C@@H](Oc2cc3ccc(=O)oc3cc2O)[C@H](O)[C@@H](O)[C@@H]1O. The van der Waals surface area contributed by atoms with Crippen LogP contribution in [0.5, 0.6) is 11.5 Å². The van der Waals surface area contributed by atoms with Crippen molar-refractivity contribution in [3.05, 3.63) is 34.7 Å². The first kappa shape index (κ1) is 21.5. The third-order valence-electron chi connectivity index (χ3n) is 4.31. The Morgan fingerprint density at radius 3 is 2.53 bits per heavy atom. The summed E-state index contributed by atoms with van der Waals surface area (Å²) in [7, 11) is 0. The molecule has 4 N–H and O–H groups in total. The molecule has 0 spiro atoms. The first-order chi connectivity index (χ1) is 14.2. The summed E-state index contributed by atoms with van der Waals surface area (Å²) in [5.74, 6) is -3.48. The number of phenolic OH excluding ortho intramolecular Hbond substituents is 1. The fraction of sp³-hybridized carbons (Fsp3) is 0.389. The van der Waals surface area contributed by atoms with Crippen molar-refractivity contribution in [2.24, 2.45) is 0 Å². The van der Waals surface area contributed by atoms with Crippen LogP contribution >= 0.6 is 0 Å². The van der Waals surface area contributed by atoms with Gasteiger partial charge in [-0.1, -0.05) is 0 Å². The third-order valence-corrected chi connectivity index (χ3v) is 4.31. The van der Waals surface area contributed by atoms with Gasteiger partial charge in [0, 0.05) is 17.5 Å². The van der Waals surface area contributed by atoms with Crippen LogP contribution in [-0.2, 0) is 19.1 Å². The Bertz CT molecular complexity index is 998. The molecule has 12 nitrogen and oxygen atoms in total. The highest BCUT2D eigenvalue weighted by molar-refractivity contribution is 5.89. The van der Waals surface area contributed by atoms with Crippen molar-refractivity contribution in [3.63, 3.8) is 0 Å². The van der Waals surface area contributed by atoms with Gasteiger partial charge < -0.3 is 49.0 Å². The molecule has 162 valence electrons. The van der Waals surface area contributed by atoms with Gasteiger partial charge in [0.05, 0.1) is 12.4 Å². The third kappa shape index (κ3) is 4.68. The second-order valence-electron chi connectivity index (χ2n) is 6.48. The van der Waals surface area contributed by atoms with Crippen LogP contribution in [0.4, 0.5) is 0 Å². The van der Waals surface area contributed by atoms with Crippen LogP contribution in [0.1, 0.15) is 6.42 Å². The molecule has 3 rings (SSSR count). The first-order valence-corrected chi connectivity index (χ1v) is 8.64. The number of fused-ring (bicyclic) bond motifs is 1. The number of ether oxygens (including phenoxy) is 3. The summed E-state index contributed by atoms with van der Waals surface area (Å²) < 4.78 is 20.3. The van der Waals surface area contributed by atoms with Crippen molar-refractivity contribution < 1.29 is 53.7 Å². The molecule has 1 aromatic heterocycles. The van der Waals surface area contributed by atoms with E-state index in [-0.39, 0.29) is 11.3 Å². The van der Waals surface area contributed by atoms with Gasteiger partial charge in [-0.25, -0.2) is 4.79 Å². The highest BCUT2D eigenvalue weighted by atomic mass is 16.7. The topological polar surface area (TPSA) is 196 Å². The zero-order valence-corrected chi connectivity index (χ0v) is 15.2. The fourth-order valence-corrected chi connectivity index (χ4v) is 2.80. The Morgan fingerprint density at radius 1 is 1.10 bits per heavy atom. The van der Waals surface area contributed by atoms with Crippen molar-refractivity contribution in [3.8, 4) is 11.5 Å². The van der Waals surface area contributed by atoms with E-state index >= 15 is 0 Å². The van der Waals surface area contributed by atoms with Gasteiger partial charge >= 0.3 is 11.6 Å². The summed E-state index contributed by atoms with van der Waals surface area (Å²) in [4.78, 5) is 33.0. The van der Waals surface area contributed by atoms with Crippen molar-refractivity contribution >= 4 is 22.9 Å². The van der Waals surface area contributed by atoms with E-state index in [0.29, 0.717) is 5.39 Å². The molecule has 12 heteroatoms. The van der Waals surface area contributed by atoms with E-state index in [4.69, 9.17) is 13.9 Å². The molecule has 5 atom stereocenters. The fourth-order valence-electron chi connectivity index (χ4n) is 2.80. The molecule has 2 aromatic rings. The molecule has 1 fully saturated rings. The number of esters is 1. The second-order valence-corrected chi connectivity index (χ2v) is 6.48. The number of hydrogen-bond acceptors (Lipinski definition) is 12. The highest BCUT2D eigenvalue weighted by Crippen LogP contribution is 2.33. The average molecular weight is 425 g/mol. The number of carboxylic acids is 1. The maximum atomic E-state index is 11.3. The molecular formula is C18H17O12-. The Hall–Kier alpha value is -3.19. The lowest BCUT2D eigenvalue weighted by Gasteiger charge is -2.39. The summed E-state index contributed by atoms with van der Waals surface area (Å²) in [5.41, 5.74) is -0.555. The quantitative estimate of drug-likeness (QED) is 0.214. The van der Waals surface area contributed by atoms with Crippen LogP contribution in [-0.4, -0.2) is 69.7 Å². The Labute approximate surface area is 167 Å². The molecule has 0 amide bonds. The van der Waals surface area contributed by atoms with E-state index < -0.39 is 67.0 Å². The molecule has 0 bridgehead atoms. The van der Waals surface area contributed by atoms with Crippen LogP contribution in [0.25, 0.3) is 11.0 Å². The smallest absolute Gasteiger partial charge is 0.336 e. The van der Waals surface area contributed by atoms with Gasteiger partial charge in [-0.05, 0) is 12.1 Å². The normalized spacial score (nSPS) is 26.3. The molecule has 1 aliphatic rings. The number of carbonyl (C=O) groups excluding carboxylic acids is 2. The van der Waals surface area contributed by atoms with Crippen LogP contribution in [0.2, 0.25) is 0 Å². The minimum Gasteiger partial charge on any atom is -0.550 e. The summed E-state index contributed by atoms with van der Waals surface area (Å²) >= 11 is 0. The molecule has 1 aliphatic heterocycles. The average Bonchev–Trinajstić information content (AvgIpc) is 2.67. The summed E-state index contributed by atoms with van der Waals surface area (Å²) in [5, 5.41) is 51.0. The number of aliphatic hydroxyl groups excluding tert-OH is 3. The molecular weight excluding hydrogens is 408 g/mol. The number of phenols is 1. The van der Waals surface area contributed by atoms with Crippen LogP contribution in [0.15, 0.2) is 33.5 Å². The lowest BCUT2D eigenvalue weighted by Crippen LogP contribution is -2.60. The van der Waals surface area contributed by atoms with E-state index in [0.717, 1.165) is 12.1 Å². The van der Waals surface area contributed by atoms with Crippen LogP contribution in [0, 0.1) is 0 Å². The van der Waals surface area contributed by atoms with E-state index in [1.807, 2.05) is 0 Å². The van der Waals surface area contributed by atoms with Gasteiger partial charge in [0.1, 0.15) is 36.6 Å². The Kier molecular flexibility index (Phi) is 6.22. The monoisotopic (exact) mass is 425 g/mol. The van der Waals surface area contributed by atoms with Gasteiger partial charge in [-0.3, -0.25) is 4.79 Å². The lowest BCUT2D eigenvalue weighted by atomic mass is 9.99. The Balaban J connectivity index is 1.76. The van der Waals surface area contributed by atoms with E-state index in [1.165, 1.54) is 12.1 Å². The molecule has 0 radical (unpaired) electrons. The number of aromatic hydroxyl groups is 1. The van der Waals surface area contributed by atoms with Crippen molar-refractivity contribution in [1.82, 2.24) is 0 Å². The molecule has 2 heterocycles. The number of aliphatic carboxylic acids is 1. The van der Waals surface area contributed by atoms with E-state index in [9.17, 15) is 39.9 Å². The van der Waals surface area contributed by atoms with Gasteiger partial charge in [-0.15, -0.1) is 0 Å². The summed E-state index contributed by atoms with van der Waals surface area (Å²) in [6, 6.07) is 4.94. The molecule has 30 heavy (non-hydrogen) atoms. The van der Waals surface area contributed by atoms with Crippen molar-refractivity contribution in [2.75, 3.05) is 6.61 Å². The van der Waals surface area contributed by atoms with Crippen LogP contribution in [0.3, 0.4) is 0 Å². The largest absolute Gasteiger partial charge is 0.550 e. The zero-order chi connectivity index (χ0) is 22.0. The number of carbonyl (C=O) groups is 2. The number of rotatable bonds is 6. The number of carboxylic acid groups (broad SMARTS) is 1. The lowest BCUT2D eigenvalue weighted by molar-refractivity contribution is -0.305. The second kappa shape index (κ2) is 8.67. The minimum absolute atomic E-state index is 0.0747. The van der Waals surface area contributed by atoms with Crippen molar-refractivity contribution in [2.45, 2.75) is 37.1 Å². The standard InChI is InChI=1S/C18H18O12/c19-8-4-9-7(1-2-13(22)28-9)3-10(8)29-18-17(26)16(25)15(24)11(30-18)6-27-14(23)5-12(20)21/h1-4,11,15-19,24-26H,5-6H2,(H,20,21)/p-1/t11-,15-,16+,17-,18-/m1/s1. The molecule has 0 unspecified atom stereocenters. The predicted molar refractivity (Wildman–Crippen MR) is 92.0 cm³/mol. The van der Waals surface area contributed by atoms with Gasteiger partial charge in [0.15, 0.2) is 11.5 Å². The number of hydrogen-bond donors (Lipinski definition) is 4. The van der Waals surface area contributed by atoms with Crippen molar-refractivity contribution in [1.29, 1.82) is 0 Å². The maximum absolute atomic E-state index is 11.3. The summed E-state index contributed by atoms with van der Waals surface area (Å²) in [6.07, 6.45) is -9.20. The van der Waals surface area contributed by atoms with E-state index in [2.05, 4.69) is 4.74 Å². The number of benzene rings is 1. The molecule has 1 aromatic carbocycles. The Morgan fingerprint density at radius 2 is 1.83 bits per heavy atom. The van der Waals surface area contributed by atoms with Crippen LogP contribution < -0.4 is 15.5 Å². The van der Waals surface area contributed by atoms with Gasteiger partial charge in [0.25, 0.3) is 0 Å². The van der Waals surface area contributed by atoms with E-state index in [1.54, 1.807) is 0 Å². The molecule has 1 saturated heterocycles. The first-order valence-electron chi connectivity index (χ1n) is 8.64. The predicted octanol–water partition coefficient (Wildman–Crippen LogP) is -2.63. The summed E-state index contributed by atoms with van der Waals surface area (Å²) in [6.45, 7) is -0.647. The maximum Gasteiger partial charge on any atom is 0.336 e. The molecule has 0 saturated carbocycles. The minimum atomic E-state index is -1.77. The molecule has 0 aliphatic carbocycles.